The smallest absolute Gasteiger partial charge is 0.249 e. The molecule has 0 aliphatic carbocycles. The van der Waals surface area contributed by atoms with Crippen LogP contribution in [-0.4, -0.2) is 17.1 Å². The highest BCUT2D eigenvalue weighted by atomic mass is 16.5. The molecule has 0 atom stereocenters. The molecule has 4 heteroatoms. The first-order chi connectivity index (χ1) is 9.28. The van der Waals surface area contributed by atoms with Crippen molar-refractivity contribution in [1.82, 2.24) is 9.97 Å². The molecule has 94 valence electrons. The topological polar surface area (TPSA) is 55.0 Å². The molecule has 0 spiro atoms. The number of rotatable bonds is 2. The maximum atomic E-state index is 11.8. The summed E-state index contributed by atoms with van der Waals surface area (Å²) in [6, 6.07) is 12.8. The zero-order valence-corrected chi connectivity index (χ0v) is 10.4. The maximum Gasteiger partial charge on any atom is 0.249 e. The van der Waals surface area contributed by atoms with E-state index in [-0.39, 0.29) is 5.56 Å². The van der Waals surface area contributed by atoms with Crippen LogP contribution in [0.1, 0.15) is 0 Å². The van der Waals surface area contributed by atoms with Gasteiger partial charge in [0.1, 0.15) is 5.75 Å². The van der Waals surface area contributed by atoms with Gasteiger partial charge in [0, 0.05) is 29.3 Å². The SMILES string of the molecule is COc1ccc2c(-c3ccccn3)cc(=O)[nH]c2c1. The van der Waals surface area contributed by atoms with E-state index in [0.717, 1.165) is 22.2 Å². The predicted octanol–water partition coefficient (Wildman–Crippen LogP) is 2.60. The second-order valence-electron chi connectivity index (χ2n) is 4.17. The molecule has 0 aliphatic heterocycles. The van der Waals surface area contributed by atoms with Gasteiger partial charge in [0.15, 0.2) is 0 Å². The Kier molecular flexibility index (Phi) is 2.76. The van der Waals surface area contributed by atoms with Crippen molar-refractivity contribution in [3.8, 4) is 17.0 Å². The van der Waals surface area contributed by atoms with Gasteiger partial charge in [-0.25, -0.2) is 0 Å². The molecule has 0 amide bonds. The number of nitrogens with one attached hydrogen (secondary N) is 1. The summed E-state index contributed by atoms with van der Waals surface area (Å²) in [5.41, 5.74) is 2.19. The Labute approximate surface area is 109 Å². The summed E-state index contributed by atoms with van der Waals surface area (Å²) < 4.78 is 5.17. The van der Waals surface area contributed by atoms with Gasteiger partial charge in [0.2, 0.25) is 5.56 Å². The van der Waals surface area contributed by atoms with Crippen LogP contribution < -0.4 is 10.3 Å². The van der Waals surface area contributed by atoms with Crippen molar-refractivity contribution in [2.45, 2.75) is 0 Å². The van der Waals surface area contributed by atoms with Gasteiger partial charge in [-0.1, -0.05) is 6.07 Å². The Balaban J connectivity index is 2.33. The van der Waals surface area contributed by atoms with E-state index in [1.54, 1.807) is 19.4 Å². The summed E-state index contributed by atoms with van der Waals surface area (Å²) in [7, 11) is 1.60. The highest BCUT2D eigenvalue weighted by molar-refractivity contribution is 5.93. The molecular weight excluding hydrogens is 240 g/mol. The van der Waals surface area contributed by atoms with Gasteiger partial charge < -0.3 is 9.72 Å². The predicted molar refractivity (Wildman–Crippen MR) is 74.4 cm³/mol. The van der Waals surface area contributed by atoms with E-state index in [1.165, 1.54) is 0 Å². The molecule has 2 heterocycles. The molecule has 0 unspecified atom stereocenters. The lowest BCUT2D eigenvalue weighted by atomic mass is 10.1. The molecule has 0 radical (unpaired) electrons. The van der Waals surface area contributed by atoms with Crippen LogP contribution >= 0.6 is 0 Å². The molecule has 0 saturated heterocycles. The lowest BCUT2D eigenvalue weighted by Gasteiger charge is -2.07. The molecule has 19 heavy (non-hydrogen) atoms. The van der Waals surface area contributed by atoms with E-state index in [2.05, 4.69) is 9.97 Å². The summed E-state index contributed by atoms with van der Waals surface area (Å²) in [6.45, 7) is 0. The summed E-state index contributed by atoms with van der Waals surface area (Å²) in [4.78, 5) is 18.9. The number of methoxy groups -OCH3 is 1. The molecule has 3 rings (SSSR count). The second kappa shape index (κ2) is 4.57. The van der Waals surface area contributed by atoms with E-state index in [9.17, 15) is 4.79 Å². The van der Waals surface area contributed by atoms with Gasteiger partial charge >= 0.3 is 0 Å². The minimum Gasteiger partial charge on any atom is -0.497 e. The second-order valence-corrected chi connectivity index (χ2v) is 4.17. The maximum absolute atomic E-state index is 11.8. The Morgan fingerprint density at radius 1 is 1.16 bits per heavy atom. The molecule has 4 nitrogen and oxygen atoms in total. The first-order valence-corrected chi connectivity index (χ1v) is 5.90. The molecule has 3 aromatic rings. The Bertz CT molecular complexity index is 779. The Hall–Kier alpha value is -2.62. The molecule has 0 fully saturated rings. The van der Waals surface area contributed by atoms with Crippen LogP contribution in [0.25, 0.3) is 22.2 Å². The van der Waals surface area contributed by atoms with Crippen molar-refractivity contribution in [3.05, 3.63) is 59.0 Å². The molecule has 0 bridgehead atoms. The minimum absolute atomic E-state index is 0.151. The standard InChI is InChI=1S/C15H12N2O2/c1-19-10-5-6-11-12(13-4-2-3-7-16-13)9-15(18)17-14(11)8-10/h2-9H,1H3,(H,17,18). The molecular formula is C15H12N2O2. The monoisotopic (exact) mass is 252 g/mol. The summed E-state index contributed by atoms with van der Waals surface area (Å²) in [6.07, 6.45) is 1.71. The lowest BCUT2D eigenvalue weighted by molar-refractivity contribution is 0.415. The number of hydrogen-bond acceptors (Lipinski definition) is 3. The van der Waals surface area contributed by atoms with Crippen LogP contribution in [0.2, 0.25) is 0 Å². The highest BCUT2D eigenvalue weighted by Gasteiger charge is 2.07. The molecule has 0 aliphatic rings. The number of benzene rings is 1. The highest BCUT2D eigenvalue weighted by Crippen LogP contribution is 2.26. The van der Waals surface area contributed by atoms with Crippen LogP contribution in [-0.2, 0) is 0 Å². The van der Waals surface area contributed by atoms with Crippen LogP contribution in [0.4, 0.5) is 0 Å². The normalized spacial score (nSPS) is 10.6. The van der Waals surface area contributed by atoms with Crippen molar-refractivity contribution < 1.29 is 4.74 Å². The van der Waals surface area contributed by atoms with E-state index in [4.69, 9.17) is 4.74 Å². The number of H-pyrrole nitrogens is 1. The van der Waals surface area contributed by atoms with Gasteiger partial charge in [0.25, 0.3) is 0 Å². The largest absolute Gasteiger partial charge is 0.497 e. The van der Waals surface area contributed by atoms with Gasteiger partial charge in [-0.15, -0.1) is 0 Å². The number of ether oxygens (including phenoxy) is 1. The summed E-state index contributed by atoms with van der Waals surface area (Å²) in [5, 5.41) is 0.944. The van der Waals surface area contributed by atoms with Crippen LogP contribution in [0.15, 0.2) is 53.5 Å². The molecule has 1 N–H and O–H groups in total. The molecule has 0 saturated carbocycles. The molecule has 2 aromatic heterocycles. The van der Waals surface area contributed by atoms with Crippen LogP contribution in [0.3, 0.4) is 0 Å². The number of aromatic nitrogens is 2. The zero-order valence-electron chi connectivity index (χ0n) is 10.4. The third-order valence-electron chi connectivity index (χ3n) is 2.99. The van der Waals surface area contributed by atoms with E-state index in [0.29, 0.717) is 5.75 Å². The summed E-state index contributed by atoms with van der Waals surface area (Å²) >= 11 is 0. The van der Waals surface area contributed by atoms with Crippen molar-refractivity contribution >= 4 is 10.9 Å². The van der Waals surface area contributed by atoms with Crippen LogP contribution in [0.5, 0.6) is 5.75 Å². The van der Waals surface area contributed by atoms with E-state index < -0.39 is 0 Å². The third kappa shape index (κ3) is 2.08. The van der Waals surface area contributed by atoms with Gasteiger partial charge in [0.05, 0.1) is 18.3 Å². The fourth-order valence-electron chi connectivity index (χ4n) is 2.10. The van der Waals surface area contributed by atoms with Crippen LogP contribution in [0, 0.1) is 0 Å². The first-order valence-electron chi connectivity index (χ1n) is 5.90. The minimum atomic E-state index is -0.151. The number of pyridine rings is 2. The number of hydrogen-bond donors (Lipinski definition) is 1. The van der Waals surface area contributed by atoms with E-state index in [1.807, 2.05) is 36.4 Å². The fraction of sp³-hybridized carbons (Fsp3) is 0.0667. The Morgan fingerprint density at radius 3 is 2.79 bits per heavy atom. The van der Waals surface area contributed by atoms with E-state index >= 15 is 0 Å². The van der Waals surface area contributed by atoms with Gasteiger partial charge in [-0.2, -0.15) is 0 Å². The number of aromatic amines is 1. The van der Waals surface area contributed by atoms with Crippen molar-refractivity contribution in [1.29, 1.82) is 0 Å². The van der Waals surface area contributed by atoms with Crippen molar-refractivity contribution in [2.75, 3.05) is 7.11 Å². The van der Waals surface area contributed by atoms with Gasteiger partial charge in [-0.3, -0.25) is 9.78 Å². The Morgan fingerprint density at radius 2 is 2.05 bits per heavy atom. The quantitative estimate of drug-likeness (QED) is 0.762. The molecule has 1 aromatic carbocycles. The average molecular weight is 252 g/mol. The lowest BCUT2D eigenvalue weighted by Crippen LogP contribution is -2.05. The van der Waals surface area contributed by atoms with Crippen molar-refractivity contribution in [2.24, 2.45) is 0 Å². The fourth-order valence-corrected chi connectivity index (χ4v) is 2.10. The third-order valence-corrected chi connectivity index (χ3v) is 2.99. The van der Waals surface area contributed by atoms with Crippen molar-refractivity contribution in [3.63, 3.8) is 0 Å². The zero-order chi connectivity index (χ0) is 13.2. The average Bonchev–Trinajstić information content (AvgIpc) is 2.46. The number of nitrogens with zero attached hydrogens (tertiary/aromatic N) is 1. The first kappa shape index (κ1) is 11.5. The van der Waals surface area contributed by atoms with Gasteiger partial charge in [-0.05, 0) is 24.3 Å². The number of fused-ring (bicyclic) bond motifs is 1. The summed E-state index contributed by atoms with van der Waals surface area (Å²) in [5.74, 6) is 0.710.